The van der Waals surface area contributed by atoms with Gasteiger partial charge in [0.05, 0.1) is 24.7 Å². The Kier molecular flexibility index (Phi) is 5.15. The third-order valence-electron chi connectivity index (χ3n) is 3.63. The lowest BCUT2D eigenvalue weighted by molar-refractivity contribution is 0.0942. The van der Waals surface area contributed by atoms with Gasteiger partial charge >= 0.3 is 0 Å². The molecule has 0 aliphatic carbocycles. The number of carbonyl (C=O) groups is 1. The van der Waals surface area contributed by atoms with Crippen molar-refractivity contribution >= 4 is 17.5 Å². The van der Waals surface area contributed by atoms with Gasteiger partial charge in [-0.25, -0.2) is 0 Å². The second-order valence-electron chi connectivity index (χ2n) is 5.52. The summed E-state index contributed by atoms with van der Waals surface area (Å²) in [6, 6.07) is 8.31. The van der Waals surface area contributed by atoms with Crippen molar-refractivity contribution < 1.29 is 9.90 Å². The van der Waals surface area contributed by atoms with Crippen LogP contribution in [0.5, 0.6) is 0 Å². The summed E-state index contributed by atoms with van der Waals surface area (Å²) >= 11 is 5.92. The fourth-order valence-corrected chi connectivity index (χ4v) is 2.50. The predicted octanol–water partition coefficient (Wildman–Crippen LogP) is 1.01. The van der Waals surface area contributed by atoms with Crippen LogP contribution in [0.1, 0.15) is 10.4 Å². The molecular weight excluding hydrogens is 358 g/mol. The lowest BCUT2D eigenvalue weighted by Crippen LogP contribution is -2.35. The van der Waals surface area contributed by atoms with Crippen molar-refractivity contribution in [2.45, 2.75) is 0 Å². The summed E-state index contributed by atoms with van der Waals surface area (Å²) in [7, 11) is 1.71. The van der Waals surface area contributed by atoms with Crippen LogP contribution >= 0.6 is 11.6 Å². The van der Waals surface area contributed by atoms with E-state index in [2.05, 4.69) is 15.5 Å². The first-order valence-electron chi connectivity index (χ1n) is 7.78. The Morgan fingerprint density at radius 3 is 2.65 bits per heavy atom. The number of aromatic nitrogens is 4. The fraction of sp³-hybridized carbons (Fsp3) is 0.176. The number of amides is 1. The van der Waals surface area contributed by atoms with Gasteiger partial charge in [0.1, 0.15) is 11.3 Å². The number of nitrogens with one attached hydrogen (secondary N) is 1. The average molecular weight is 374 g/mol. The largest absolute Gasteiger partial charge is 0.395 e. The average Bonchev–Trinajstić information content (AvgIpc) is 3.06. The van der Waals surface area contributed by atoms with E-state index in [-0.39, 0.29) is 18.7 Å². The highest BCUT2D eigenvalue weighted by Crippen LogP contribution is 2.20. The van der Waals surface area contributed by atoms with Crippen molar-refractivity contribution in [3.05, 3.63) is 63.7 Å². The molecule has 0 fully saturated rings. The summed E-state index contributed by atoms with van der Waals surface area (Å²) < 4.78 is 2.66. The van der Waals surface area contributed by atoms with E-state index in [0.29, 0.717) is 22.0 Å². The Bertz CT molecular complexity index is 994. The number of nitrogens with zero attached hydrogens (tertiary/aromatic N) is 4. The molecule has 2 aromatic heterocycles. The van der Waals surface area contributed by atoms with Crippen LogP contribution in [0.2, 0.25) is 5.02 Å². The molecule has 1 aromatic carbocycles. The molecule has 0 aliphatic heterocycles. The number of aliphatic hydroxyl groups is 1. The SMILES string of the molecule is Cn1cc(-n2nc(-c3ccc(Cl)cc3)cc(C(=O)NCCO)c2=O)cn1. The van der Waals surface area contributed by atoms with Gasteiger partial charge in [0.2, 0.25) is 0 Å². The van der Waals surface area contributed by atoms with Crippen LogP contribution in [0.25, 0.3) is 16.9 Å². The summed E-state index contributed by atoms with van der Waals surface area (Å²) in [5.41, 5.74) is 0.903. The second-order valence-corrected chi connectivity index (χ2v) is 5.96. The quantitative estimate of drug-likeness (QED) is 0.695. The summed E-state index contributed by atoms with van der Waals surface area (Å²) in [4.78, 5) is 25.1. The first kappa shape index (κ1) is 17.8. The first-order chi connectivity index (χ1) is 12.5. The lowest BCUT2D eigenvalue weighted by Gasteiger charge is -2.10. The minimum atomic E-state index is -0.584. The Balaban J connectivity index is 2.17. The van der Waals surface area contributed by atoms with E-state index in [1.165, 1.54) is 16.9 Å². The van der Waals surface area contributed by atoms with Crippen LogP contribution in [-0.2, 0) is 7.05 Å². The highest BCUT2D eigenvalue weighted by Gasteiger charge is 2.17. The zero-order chi connectivity index (χ0) is 18.7. The summed E-state index contributed by atoms with van der Waals surface area (Å²) in [6.07, 6.45) is 3.10. The molecule has 0 saturated carbocycles. The maximum absolute atomic E-state index is 12.7. The minimum absolute atomic E-state index is 0.0454. The van der Waals surface area contributed by atoms with Crippen molar-refractivity contribution in [1.29, 1.82) is 0 Å². The van der Waals surface area contributed by atoms with Crippen LogP contribution < -0.4 is 10.9 Å². The third-order valence-corrected chi connectivity index (χ3v) is 3.88. The summed E-state index contributed by atoms with van der Waals surface area (Å²) in [6.45, 7) is -0.179. The van der Waals surface area contributed by atoms with E-state index in [9.17, 15) is 9.59 Å². The number of rotatable bonds is 5. The van der Waals surface area contributed by atoms with E-state index in [1.54, 1.807) is 37.5 Å². The first-order valence-corrected chi connectivity index (χ1v) is 8.16. The van der Waals surface area contributed by atoms with Crippen LogP contribution in [0.15, 0.2) is 47.5 Å². The predicted molar refractivity (Wildman–Crippen MR) is 96.5 cm³/mol. The zero-order valence-electron chi connectivity index (χ0n) is 13.9. The second kappa shape index (κ2) is 7.51. The molecule has 0 bridgehead atoms. The van der Waals surface area contributed by atoms with Crippen molar-refractivity contribution in [2.24, 2.45) is 7.05 Å². The molecule has 0 saturated heterocycles. The smallest absolute Gasteiger partial charge is 0.284 e. The Morgan fingerprint density at radius 2 is 2.04 bits per heavy atom. The minimum Gasteiger partial charge on any atom is -0.395 e. The lowest BCUT2D eigenvalue weighted by atomic mass is 10.1. The molecule has 2 heterocycles. The summed E-state index contributed by atoms with van der Waals surface area (Å²) in [5, 5.41) is 20.3. The zero-order valence-corrected chi connectivity index (χ0v) is 14.6. The normalized spacial score (nSPS) is 10.7. The van der Waals surface area contributed by atoms with Crippen LogP contribution in [0.3, 0.4) is 0 Å². The number of aryl methyl sites for hydroxylation is 1. The van der Waals surface area contributed by atoms with E-state index in [0.717, 1.165) is 4.68 Å². The highest BCUT2D eigenvalue weighted by molar-refractivity contribution is 6.30. The van der Waals surface area contributed by atoms with Crippen LogP contribution in [0.4, 0.5) is 0 Å². The molecule has 0 spiro atoms. The van der Waals surface area contributed by atoms with Crippen LogP contribution in [-0.4, -0.2) is 43.7 Å². The van der Waals surface area contributed by atoms with Gasteiger partial charge in [-0.1, -0.05) is 23.7 Å². The molecule has 0 aliphatic rings. The van der Waals surface area contributed by atoms with Gasteiger partial charge in [0.25, 0.3) is 11.5 Å². The molecule has 3 aromatic rings. The standard InChI is InChI=1S/C17H16ClN5O3/c1-22-10-13(9-20-22)23-17(26)14(16(25)19-6-7-24)8-15(21-23)11-2-4-12(18)5-3-11/h2-5,8-10,24H,6-7H2,1H3,(H,19,25). The molecule has 26 heavy (non-hydrogen) atoms. The molecular formula is C17H16ClN5O3. The van der Waals surface area contributed by atoms with Gasteiger partial charge in [-0.3, -0.25) is 14.3 Å². The number of hydrogen-bond donors (Lipinski definition) is 2. The molecule has 0 atom stereocenters. The molecule has 1 amide bonds. The molecule has 3 rings (SSSR count). The maximum Gasteiger partial charge on any atom is 0.284 e. The number of aliphatic hydroxyl groups excluding tert-OH is 1. The Labute approximate surface area is 153 Å². The molecule has 2 N–H and O–H groups in total. The van der Waals surface area contributed by atoms with E-state index in [1.807, 2.05) is 0 Å². The van der Waals surface area contributed by atoms with Gasteiger partial charge in [-0.15, -0.1) is 0 Å². The Hall–Kier alpha value is -2.97. The summed E-state index contributed by atoms with van der Waals surface area (Å²) in [5.74, 6) is -0.584. The number of benzene rings is 1. The number of halogens is 1. The van der Waals surface area contributed by atoms with E-state index < -0.39 is 11.5 Å². The number of carbonyl (C=O) groups excluding carboxylic acids is 1. The molecule has 9 heteroatoms. The van der Waals surface area contributed by atoms with E-state index in [4.69, 9.17) is 16.7 Å². The van der Waals surface area contributed by atoms with E-state index >= 15 is 0 Å². The van der Waals surface area contributed by atoms with Crippen LogP contribution in [0, 0.1) is 0 Å². The molecule has 0 radical (unpaired) electrons. The van der Waals surface area contributed by atoms with Gasteiger partial charge in [0.15, 0.2) is 0 Å². The van der Waals surface area contributed by atoms with Crippen molar-refractivity contribution in [3.8, 4) is 16.9 Å². The van der Waals surface area contributed by atoms with Gasteiger partial charge in [-0.05, 0) is 18.2 Å². The fourth-order valence-electron chi connectivity index (χ4n) is 2.38. The highest BCUT2D eigenvalue weighted by atomic mass is 35.5. The van der Waals surface area contributed by atoms with Crippen molar-refractivity contribution in [3.63, 3.8) is 0 Å². The molecule has 8 nitrogen and oxygen atoms in total. The maximum atomic E-state index is 12.7. The van der Waals surface area contributed by atoms with Gasteiger partial charge in [0, 0.05) is 24.2 Å². The van der Waals surface area contributed by atoms with Crippen molar-refractivity contribution in [2.75, 3.05) is 13.2 Å². The number of hydrogen-bond acceptors (Lipinski definition) is 5. The third kappa shape index (κ3) is 3.66. The molecule has 134 valence electrons. The monoisotopic (exact) mass is 373 g/mol. The topological polar surface area (TPSA) is 102 Å². The van der Waals surface area contributed by atoms with Crippen molar-refractivity contribution in [1.82, 2.24) is 24.9 Å². The van der Waals surface area contributed by atoms with Gasteiger partial charge in [-0.2, -0.15) is 14.9 Å². The molecule has 0 unspecified atom stereocenters. The Morgan fingerprint density at radius 1 is 1.31 bits per heavy atom. The van der Waals surface area contributed by atoms with Gasteiger partial charge < -0.3 is 10.4 Å².